The first-order valence-electron chi connectivity index (χ1n) is 18.4. The molecular weight excluding hydrogens is 666 g/mol. The number of ketones is 1. The molecule has 1 aromatic heterocycles. The Morgan fingerprint density at radius 3 is 2.00 bits per heavy atom. The topological polar surface area (TPSA) is 100 Å². The normalized spacial score (nSPS) is 13.7. The van der Waals surface area contributed by atoms with E-state index in [9.17, 15) is 19.5 Å². The molecule has 272 valence electrons. The second-order valence-electron chi connectivity index (χ2n) is 14.8. The van der Waals surface area contributed by atoms with Crippen LogP contribution in [-0.4, -0.2) is 50.7 Å². The molecule has 0 saturated carbocycles. The van der Waals surface area contributed by atoms with Crippen LogP contribution >= 0.6 is 0 Å². The molecule has 1 atom stereocenters. The Kier molecular flexibility index (Phi) is 11.3. The maximum Gasteiger partial charge on any atom is 0.310 e. The molecule has 1 aliphatic heterocycles. The van der Waals surface area contributed by atoms with E-state index >= 15 is 4.39 Å². The fourth-order valence-electron chi connectivity index (χ4n) is 6.74. The van der Waals surface area contributed by atoms with E-state index in [1.807, 2.05) is 66.7 Å². The minimum atomic E-state index is -0.922. The molecular formula is C45H46FN3O4. The summed E-state index contributed by atoms with van der Waals surface area (Å²) in [6.07, 6.45) is 6.61. The molecule has 6 rings (SSSR count). The smallest absolute Gasteiger partial charge is 0.310 e. The summed E-state index contributed by atoms with van der Waals surface area (Å²) in [6, 6.07) is 28.6. The second-order valence-corrected chi connectivity index (χ2v) is 14.8. The molecule has 0 aliphatic carbocycles. The number of rotatable bonds is 14. The Labute approximate surface area is 311 Å². The lowest BCUT2D eigenvalue weighted by molar-refractivity contribution is -0.154. The molecule has 0 spiro atoms. The molecule has 0 unspecified atom stereocenters. The molecule has 8 heteroatoms. The van der Waals surface area contributed by atoms with Crippen molar-refractivity contribution in [2.45, 2.75) is 65.2 Å². The van der Waals surface area contributed by atoms with Crippen molar-refractivity contribution in [3.8, 4) is 33.6 Å². The van der Waals surface area contributed by atoms with Crippen molar-refractivity contribution in [1.29, 1.82) is 0 Å². The molecule has 1 N–H and O–H groups in total. The minimum Gasteiger partial charge on any atom is -0.481 e. The van der Waals surface area contributed by atoms with E-state index in [-0.39, 0.29) is 42.4 Å². The van der Waals surface area contributed by atoms with E-state index in [1.165, 1.54) is 10.5 Å². The molecule has 53 heavy (non-hydrogen) atoms. The van der Waals surface area contributed by atoms with Gasteiger partial charge in [0.25, 0.3) is 0 Å². The number of hydrogen-bond acceptors (Lipinski definition) is 5. The van der Waals surface area contributed by atoms with Crippen LogP contribution in [0.2, 0.25) is 0 Å². The van der Waals surface area contributed by atoms with Crippen LogP contribution in [0.4, 0.5) is 4.39 Å². The van der Waals surface area contributed by atoms with Gasteiger partial charge < -0.3 is 10.0 Å². The van der Waals surface area contributed by atoms with Crippen LogP contribution in [0.15, 0.2) is 103 Å². The molecule has 0 radical (unpaired) electrons. The third kappa shape index (κ3) is 8.60. The zero-order chi connectivity index (χ0) is 37.7. The summed E-state index contributed by atoms with van der Waals surface area (Å²) in [7, 11) is 0. The maximum absolute atomic E-state index is 15.3. The van der Waals surface area contributed by atoms with E-state index in [0.29, 0.717) is 28.9 Å². The van der Waals surface area contributed by atoms with Gasteiger partial charge in [0.05, 0.1) is 5.92 Å². The Morgan fingerprint density at radius 2 is 1.42 bits per heavy atom. The fourth-order valence-corrected chi connectivity index (χ4v) is 6.74. The van der Waals surface area contributed by atoms with Gasteiger partial charge in [0.15, 0.2) is 11.6 Å². The van der Waals surface area contributed by atoms with E-state index in [1.54, 1.807) is 24.5 Å². The Balaban J connectivity index is 1.14. The van der Waals surface area contributed by atoms with Gasteiger partial charge >= 0.3 is 5.97 Å². The molecule has 7 nitrogen and oxygen atoms in total. The summed E-state index contributed by atoms with van der Waals surface area (Å²) in [5.74, 6) is -2.37. The number of benzene rings is 4. The van der Waals surface area contributed by atoms with Gasteiger partial charge in [-0.25, -0.2) is 14.4 Å². The number of carbonyl (C=O) groups is 3. The van der Waals surface area contributed by atoms with Gasteiger partial charge in [-0.05, 0) is 58.6 Å². The SMILES string of the molecule is CCCc1ccc(-c2ccc(-c3cnc(-c4ccc(C[C@H](CC(=O)c5ccc(C(C)(C)CC)cc5)C(=O)N5CC(C(=O)O)C5)cc4)nc3)c(F)c2)cc1. The zero-order valence-corrected chi connectivity index (χ0v) is 30.8. The van der Waals surface area contributed by atoms with Crippen LogP contribution in [0.3, 0.4) is 0 Å². The highest BCUT2D eigenvalue weighted by Gasteiger charge is 2.39. The van der Waals surface area contributed by atoms with Crippen molar-refractivity contribution >= 4 is 17.7 Å². The fraction of sp³-hybridized carbons (Fsp3) is 0.311. The number of hydrogen-bond donors (Lipinski definition) is 1. The van der Waals surface area contributed by atoms with Crippen LogP contribution in [-0.2, 0) is 27.8 Å². The lowest BCUT2D eigenvalue weighted by Crippen LogP contribution is -2.55. The van der Waals surface area contributed by atoms with Crippen molar-refractivity contribution < 1.29 is 23.9 Å². The van der Waals surface area contributed by atoms with Crippen LogP contribution in [0, 0.1) is 17.7 Å². The maximum atomic E-state index is 15.3. The van der Waals surface area contributed by atoms with Crippen molar-refractivity contribution in [2.24, 2.45) is 11.8 Å². The lowest BCUT2D eigenvalue weighted by Gasteiger charge is -2.38. The minimum absolute atomic E-state index is 0.0105. The number of amides is 1. The highest BCUT2D eigenvalue weighted by atomic mass is 19.1. The van der Waals surface area contributed by atoms with Crippen LogP contribution in [0.5, 0.6) is 0 Å². The van der Waals surface area contributed by atoms with Gasteiger partial charge in [0.2, 0.25) is 5.91 Å². The first-order valence-corrected chi connectivity index (χ1v) is 18.4. The number of aryl methyl sites for hydroxylation is 1. The first-order chi connectivity index (χ1) is 25.4. The van der Waals surface area contributed by atoms with Crippen molar-refractivity contribution in [3.63, 3.8) is 0 Å². The Hall–Kier alpha value is -5.50. The van der Waals surface area contributed by atoms with Crippen molar-refractivity contribution in [3.05, 3.63) is 131 Å². The van der Waals surface area contributed by atoms with Gasteiger partial charge in [-0.3, -0.25) is 14.4 Å². The molecule has 1 saturated heterocycles. The molecule has 1 amide bonds. The number of carboxylic acids is 1. The van der Waals surface area contributed by atoms with Crippen LogP contribution in [0.25, 0.3) is 33.6 Å². The quantitative estimate of drug-likeness (QED) is 0.115. The molecule has 1 fully saturated rings. The number of halogens is 1. The number of aliphatic carboxylic acids is 1. The summed E-state index contributed by atoms with van der Waals surface area (Å²) in [5, 5.41) is 9.35. The van der Waals surface area contributed by atoms with Gasteiger partial charge in [0.1, 0.15) is 5.82 Å². The molecule has 0 bridgehead atoms. The Bertz CT molecular complexity index is 2070. The summed E-state index contributed by atoms with van der Waals surface area (Å²) < 4.78 is 15.3. The average molecular weight is 712 g/mol. The van der Waals surface area contributed by atoms with Crippen LogP contribution in [0.1, 0.15) is 74.0 Å². The predicted octanol–water partition coefficient (Wildman–Crippen LogP) is 9.23. The summed E-state index contributed by atoms with van der Waals surface area (Å²) >= 11 is 0. The highest BCUT2D eigenvalue weighted by molar-refractivity contribution is 5.99. The van der Waals surface area contributed by atoms with Gasteiger partial charge in [-0.2, -0.15) is 0 Å². The lowest BCUT2D eigenvalue weighted by atomic mass is 9.81. The highest BCUT2D eigenvalue weighted by Crippen LogP contribution is 2.31. The number of carbonyl (C=O) groups excluding carboxylic acids is 2. The van der Waals surface area contributed by atoms with E-state index in [4.69, 9.17) is 0 Å². The standard InChI is InChI=1S/C45H46FN3O4/c1-5-7-29-8-12-31(13-9-29)34-18-21-39(40(46)23-34)36-25-47-42(48-26-36)33-14-10-30(11-15-33)22-35(43(51)49-27-37(28-49)44(52)53)24-41(50)32-16-19-38(20-17-32)45(3,4)6-2/h8-21,23,25-26,35,37H,5-7,22,24,27-28H2,1-4H3,(H,52,53)/t35-/m1/s1. The molecule has 2 heterocycles. The monoisotopic (exact) mass is 711 g/mol. The van der Waals surface area contributed by atoms with E-state index in [2.05, 4.69) is 49.8 Å². The number of carboxylic acid groups (broad SMARTS) is 1. The molecule has 5 aromatic rings. The summed E-state index contributed by atoms with van der Waals surface area (Å²) in [6.45, 7) is 8.90. The third-order valence-electron chi connectivity index (χ3n) is 10.6. The first kappa shape index (κ1) is 37.3. The van der Waals surface area contributed by atoms with E-state index < -0.39 is 17.8 Å². The number of Topliss-reactive ketones (excluding diaryl/α,β-unsaturated/α-hetero) is 1. The number of aromatic nitrogens is 2. The average Bonchev–Trinajstić information content (AvgIpc) is 3.14. The second kappa shape index (κ2) is 16.0. The largest absolute Gasteiger partial charge is 0.481 e. The number of nitrogens with zero attached hydrogens (tertiary/aromatic N) is 3. The van der Waals surface area contributed by atoms with Gasteiger partial charge in [-0.1, -0.05) is 119 Å². The van der Waals surface area contributed by atoms with Crippen molar-refractivity contribution in [2.75, 3.05) is 13.1 Å². The van der Waals surface area contributed by atoms with Crippen LogP contribution < -0.4 is 0 Å². The van der Waals surface area contributed by atoms with Gasteiger partial charge in [-0.15, -0.1) is 0 Å². The summed E-state index contributed by atoms with van der Waals surface area (Å²) in [4.78, 5) is 49.1. The Morgan fingerprint density at radius 1 is 0.811 bits per heavy atom. The predicted molar refractivity (Wildman–Crippen MR) is 206 cm³/mol. The molecule has 1 aliphatic rings. The number of likely N-dealkylation sites (tertiary alicyclic amines) is 1. The summed E-state index contributed by atoms with van der Waals surface area (Å²) in [5.41, 5.74) is 7.31. The van der Waals surface area contributed by atoms with E-state index in [0.717, 1.165) is 47.1 Å². The van der Waals surface area contributed by atoms with Gasteiger partial charge in [0, 0.05) is 60.1 Å². The van der Waals surface area contributed by atoms with Crippen molar-refractivity contribution in [1.82, 2.24) is 14.9 Å². The molecule has 4 aromatic carbocycles. The zero-order valence-electron chi connectivity index (χ0n) is 30.8. The third-order valence-corrected chi connectivity index (χ3v) is 10.6.